The number of nitrogens with zero attached hydrogens (tertiary/aromatic N) is 4. The number of fused-ring (bicyclic) bond motifs is 2. The highest BCUT2D eigenvalue weighted by atomic mass is 35.5. The number of rotatable bonds is 3. The van der Waals surface area contributed by atoms with Gasteiger partial charge in [0.05, 0.1) is 28.5 Å². The molecule has 0 saturated heterocycles. The molecule has 4 aromatic rings. The van der Waals surface area contributed by atoms with Gasteiger partial charge in [0.25, 0.3) is 5.56 Å². The van der Waals surface area contributed by atoms with Crippen molar-refractivity contribution < 1.29 is 4.42 Å². The van der Waals surface area contributed by atoms with Gasteiger partial charge in [0.1, 0.15) is 17.7 Å². The zero-order valence-corrected chi connectivity index (χ0v) is 16.5. The molecule has 1 aliphatic rings. The van der Waals surface area contributed by atoms with Crippen LogP contribution in [0.1, 0.15) is 16.8 Å². The Bertz CT molecular complexity index is 1370. The lowest BCUT2D eigenvalue weighted by atomic mass is 10.1. The van der Waals surface area contributed by atoms with Crippen LogP contribution in [0.15, 0.2) is 57.2 Å². The van der Waals surface area contributed by atoms with Gasteiger partial charge in [-0.25, -0.2) is 15.0 Å². The van der Waals surface area contributed by atoms with Gasteiger partial charge >= 0.3 is 0 Å². The van der Waals surface area contributed by atoms with Gasteiger partial charge in [-0.3, -0.25) is 14.5 Å². The van der Waals surface area contributed by atoms with E-state index in [2.05, 4.69) is 19.9 Å². The standard InChI is InChI=1S/C21H16ClN5O3/c22-14-1-2-18-15(5-14)19(28)13(10-30-18)8-27-4-3-17-16(9-27)21(29)26-20(25-17)12-6-23-11-24-7-12/h1-2,5-7,10-11H,3-4,8-9H2,(H,25,26,29). The van der Waals surface area contributed by atoms with Gasteiger partial charge in [-0.05, 0) is 18.2 Å². The molecule has 5 rings (SSSR count). The van der Waals surface area contributed by atoms with Crippen molar-refractivity contribution >= 4 is 22.6 Å². The summed E-state index contributed by atoms with van der Waals surface area (Å²) in [6, 6.07) is 4.98. The van der Waals surface area contributed by atoms with Crippen molar-refractivity contribution in [1.82, 2.24) is 24.8 Å². The molecule has 150 valence electrons. The van der Waals surface area contributed by atoms with Crippen LogP contribution in [0.3, 0.4) is 0 Å². The van der Waals surface area contributed by atoms with Crippen molar-refractivity contribution in [2.45, 2.75) is 19.5 Å². The van der Waals surface area contributed by atoms with Crippen LogP contribution in [0.25, 0.3) is 22.4 Å². The highest BCUT2D eigenvalue weighted by Crippen LogP contribution is 2.21. The van der Waals surface area contributed by atoms with Gasteiger partial charge in [-0.2, -0.15) is 0 Å². The summed E-state index contributed by atoms with van der Waals surface area (Å²) >= 11 is 6.02. The van der Waals surface area contributed by atoms with Gasteiger partial charge in [-0.15, -0.1) is 0 Å². The molecule has 0 bridgehead atoms. The van der Waals surface area contributed by atoms with E-state index in [0.717, 1.165) is 5.69 Å². The third-order valence-corrected chi connectivity index (χ3v) is 5.42. The molecular weight excluding hydrogens is 406 g/mol. The summed E-state index contributed by atoms with van der Waals surface area (Å²) in [6.07, 6.45) is 6.73. The van der Waals surface area contributed by atoms with Crippen molar-refractivity contribution in [2.24, 2.45) is 0 Å². The van der Waals surface area contributed by atoms with Crippen molar-refractivity contribution in [3.05, 3.63) is 85.6 Å². The lowest BCUT2D eigenvalue weighted by Crippen LogP contribution is -2.36. The molecule has 0 atom stereocenters. The highest BCUT2D eigenvalue weighted by Gasteiger charge is 2.23. The number of hydrogen-bond donors (Lipinski definition) is 1. The first-order valence-corrected chi connectivity index (χ1v) is 9.76. The second-order valence-corrected chi connectivity index (χ2v) is 7.59. The fourth-order valence-electron chi connectivity index (χ4n) is 3.67. The number of halogens is 1. The number of nitrogens with one attached hydrogen (secondary N) is 1. The fourth-order valence-corrected chi connectivity index (χ4v) is 3.84. The summed E-state index contributed by atoms with van der Waals surface area (Å²) in [7, 11) is 0. The van der Waals surface area contributed by atoms with Crippen LogP contribution >= 0.6 is 11.6 Å². The summed E-state index contributed by atoms with van der Waals surface area (Å²) in [4.78, 5) is 42.9. The summed E-state index contributed by atoms with van der Waals surface area (Å²) in [5, 5.41) is 0.933. The molecule has 0 amide bonds. The van der Waals surface area contributed by atoms with E-state index in [1.165, 1.54) is 12.6 Å². The highest BCUT2D eigenvalue weighted by molar-refractivity contribution is 6.31. The molecule has 9 heteroatoms. The lowest BCUT2D eigenvalue weighted by Gasteiger charge is -2.27. The van der Waals surface area contributed by atoms with Gasteiger partial charge < -0.3 is 9.40 Å². The monoisotopic (exact) mass is 421 g/mol. The molecule has 30 heavy (non-hydrogen) atoms. The number of benzene rings is 1. The molecule has 1 aliphatic heterocycles. The quantitative estimate of drug-likeness (QED) is 0.542. The van der Waals surface area contributed by atoms with E-state index >= 15 is 0 Å². The Balaban J connectivity index is 1.43. The van der Waals surface area contributed by atoms with E-state index in [-0.39, 0.29) is 11.0 Å². The van der Waals surface area contributed by atoms with E-state index < -0.39 is 0 Å². The first kappa shape index (κ1) is 18.7. The van der Waals surface area contributed by atoms with Crippen molar-refractivity contribution in [3.8, 4) is 11.4 Å². The Morgan fingerprint density at radius 1 is 1.20 bits per heavy atom. The Morgan fingerprint density at radius 2 is 2.03 bits per heavy atom. The average Bonchev–Trinajstić information content (AvgIpc) is 2.77. The number of hydrogen-bond acceptors (Lipinski definition) is 7. The molecule has 0 spiro atoms. The first-order chi connectivity index (χ1) is 14.6. The van der Waals surface area contributed by atoms with Crippen molar-refractivity contribution in [3.63, 3.8) is 0 Å². The predicted molar refractivity (Wildman–Crippen MR) is 111 cm³/mol. The molecule has 1 N–H and O–H groups in total. The van der Waals surface area contributed by atoms with Gasteiger partial charge in [0.15, 0.2) is 5.43 Å². The number of aromatic nitrogens is 4. The molecular formula is C21H16ClN5O3. The minimum Gasteiger partial charge on any atom is -0.464 e. The Kier molecular flexibility index (Phi) is 4.65. The lowest BCUT2D eigenvalue weighted by molar-refractivity contribution is 0.239. The van der Waals surface area contributed by atoms with Crippen LogP contribution in [-0.2, 0) is 19.5 Å². The van der Waals surface area contributed by atoms with E-state index in [9.17, 15) is 9.59 Å². The second-order valence-electron chi connectivity index (χ2n) is 7.16. The van der Waals surface area contributed by atoms with Gasteiger partial charge in [0.2, 0.25) is 0 Å². The molecule has 0 saturated carbocycles. The van der Waals surface area contributed by atoms with E-state index in [0.29, 0.717) is 64.6 Å². The third-order valence-electron chi connectivity index (χ3n) is 5.18. The fraction of sp³-hybridized carbons (Fsp3) is 0.190. The van der Waals surface area contributed by atoms with Crippen LogP contribution in [0.4, 0.5) is 0 Å². The Labute approximate surface area is 175 Å². The van der Waals surface area contributed by atoms with E-state index in [1.807, 2.05) is 4.90 Å². The molecule has 8 nitrogen and oxygen atoms in total. The molecule has 0 aliphatic carbocycles. The Morgan fingerprint density at radius 3 is 2.87 bits per heavy atom. The van der Waals surface area contributed by atoms with Crippen LogP contribution in [0, 0.1) is 0 Å². The maximum absolute atomic E-state index is 12.8. The molecule has 3 aromatic heterocycles. The zero-order valence-electron chi connectivity index (χ0n) is 15.8. The zero-order chi connectivity index (χ0) is 20.7. The van der Waals surface area contributed by atoms with Gasteiger partial charge in [0, 0.05) is 49.0 Å². The minimum atomic E-state index is -0.194. The SMILES string of the molecule is O=c1[nH]c(-c2cncnc2)nc2c1CN(Cc1coc3ccc(Cl)cc3c1=O)CC2. The maximum Gasteiger partial charge on any atom is 0.255 e. The summed E-state index contributed by atoms with van der Waals surface area (Å²) in [6.45, 7) is 1.44. The number of H-pyrrole nitrogens is 1. The van der Waals surface area contributed by atoms with E-state index in [4.69, 9.17) is 16.0 Å². The van der Waals surface area contributed by atoms with Crippen molar-refractivity contribution in [2.75, 3.05) is 6.54 Å². The minimum absolute atomic E-state index is 0.115. The second kappa shape index (κ2) is 7.47. The summed E-state index contributed by atoms with van der Waals surface area (Å²) in [5.41, 5.74) is 2.73. The molecule has 1 aromatic carbocycles. The molecule has 0 radical (unpaired) electrons. The Hall–Kier alpha value is -3.36. The smallest absolute Gasteiger partial charge is 0.255 e. The maximum atomic E-state index is 12.8. The number of aromatic amines is 1. The van der Waals surface area contributed by atoms with Crippen molar-refractivity contribution in [1.29, 1.82) is 0 Å². The topological polar surface area (TPSA) is 105 Å². The van der Waals surface area contributed by atoms with Crippen LogP contribution in [-0.4, -0.2) is 31.4 Å². The van der Waals surface area contributed by atoms with Crippen LogP contribution < -0.4 is 11.0 Å². The van der Waals surface area contributed by atoms with Crippen LogP contribution in [0.5, 0.6) is 0 Å². The predicted octanol–water partition coefficient (Wildman–Crippen LogP) is 2.55. The normalized spacial score (nSPS) is 14.0. The summed E-state index contributed by atoms with van der Waals surface area (Å²) < 4.78 is 5.60. The molecule has 0 unspecified atom stereocenters. The summed E-state index contributed by atoms with van der Waals surface area (Å²) in [5.74, 6) is 0.458. The van der Waals surface area contributed by atoms with Crippen LogP contribution in [0.2, 0.25) is 5.02 Å². The first-order valence-electron chi connectivity index (χ1n) is 9.38. The molecule has 0 fully saturated rings. The largest absolute Gasteiger partial charge is 0.464 e. The van der Waals surface area contributed by atoms with E-state index in [1.54, 1.807) is 30.6 Å². The van der Waals surface area contributed by atoms with Gasteiger partial charge in [-0.1, -0.05) is 11.6 Å². The third kappa shape index (κ3) is 3.40. The molecule has 4 heterocycles. The average molecular weight is 422 g/mol.